The summed E-state index contributed by atoms with van der Waals surface area (Å²) in [6.45, 7) is 2.16. The van der Waals surface area contributed by atoms with E-state index in [0.29, 0.717) is 12.3 Å². The summed E-state index contributed by atoms with van der Waals surface area (Å²) >= 11 is 6.09. The van der Waals surface area contributed by atoms with Crippen LogP contribution in [0.4, 0.5) is 5.69 Å². The second-order valence-electron chi connectivity index (χ2n) is 5.20. The molecule has 0 unspecified atom stereocenters. The lowest BCUT2D eigenvalue weighted by Crippen LogP contribution is -2.49. The lowest BCUT2D eigenvalue weighted by Gasteiger charge is -2.35. The summed E-state index contributed by atoms with van der Waals surface area (Å²) in [6.07, 6.45) is -0.200. The van der Waals surface area contributed by atoms with E-state index in [-0.39, 0.29) is 42.0 Å². The van der Waals surface area contributed by atoms with Crippen molar-refractivity contribution in [1.29, 1.82) is 0 Å². The van der Waals surface area contributed by atoms with Gasteiger partial charge in [0, 0.05) is 19.2 Å². The van der Waals surface area contributed by atoms with Crippen molar-refractivity contribution < 1.29 is 24.2 Å². The van der Waals surface area contributed by atoms with E-state index >= 15 is 0 Å². The van der Waals surface area contributed by atoms with Crippen molar-refractivity contribution >= 4 is 35.1 Å². The van der Waals surface area contributed by atoms with Crippen LogP contribution in [-0.2, 0) is 14.3 Å². The van der Waals surface area contributed by atoms with Gasteiger partial charge in [0.15, 0.2) is 0 Å². The number of carbonyl (C=O) groups is 3. The highest BCUT2D eigenvalue weighted by molar-refractivity contribution is 6.34. The van der Waals surface area contributed by atoms with Gasteiger partial charge < -0.3 is 20.1 Å². The zero-order valence-electron chi connectivity index (χ0n) is 12.5. The first kappa shape index (κ1) is 17.2. The number of hydrogen-bond acceptors (Lipinski definition) is 4. The van der Waals surface area contributed by atoms with E-state index < -0.39 is 12.0 Å². The zero-order valence-corrected chi connectivity index (χ0v) is 13.3. The number of morpholine rings is 1. The van der Waals surface area contributed by atoms with Gasteiger partial charge in [-0.2, -0.15) is 0 Å². The van der Waals surface area contributed by atoms with E-state index in [2.05, 4.69) is 5.32 Å². The van der Waals surface area contributed by atoms with Crippen molar-refractivity contribution in [3.8, 4) is 0 Å². The highest BCUT2D eigenvalue weighted by Crippen LogP contribution is 2.24. The summed E-state index contributed by atoms with van der Waals surface area (Å²) in [6, 6.07) is 4.05. The van der Waals surface area contributed by atoms with Crippen LogP contribution < -0.4 is 5.32 Å². The molecule has 2 rings (SSSR count). The molecule has 1 aromatic carbocycles. The third-order valence-corrected chi connectivity index (χ3v) is 3.75. The molecule has 2 amide bonds. The highest BCUT2D eigenvalue weighted by atomic mass is 35.5. The number of carboxylic acid groups (broad SMARTS) is 1. The molecule has 0 saturated carbocycles. The van der Waals surface area contributed by atoms with Gasteiger partial charge in [0.25, 0.3) is 5.91 Å². The maximum atomic E-state index is 12.7. The maximum absolute atomic E-state index is 12.7. The predicted octanol–water partition coefficient (Wildman–Crippen LogP) is 1.61. The molecule has 2 N–H and O–H groups in total. The Balaban J connectivity index is 2.26. The first-order valence-electron chi connectivity index (χ1n) is 7.06. The van der Waals surface area contributed by atoms with Crippen molar-refractivity contribution in [2.24, 2.45) is 0 Å². The van der Waals surface area contributed by atoms with Crippen LogP contribution >= 0.6 is 11.6 Å². The van der Waals surface area contributed by atoms with Crippen LogP contribution in [0.2, 0.25) is 5.02 Å². The number of aliphatic carboxylic acids is 1. The largest absolute Gasteiger partial charge is 0.481 e. The molecule has 1 atom stereocenters. The average Bonchev–Trinajstić information content (AvgIpc) is 2.48. The third-order valence-electron chi connectivity index (χ3n) is 3.42. The summed E-state index contributed by atoms with van der Waals surface area (Å²) < 4.78 is 5.26. The van der Waals surface area contributed by atoms with Crippen molar-refractivity contribution in [3.63, 3.8) is 0 Å². The summed E-state index contributed by atoms with van der Waals surface area (Å²) in [7, 11) is 0. The second kappa shape index (κ2) is 7.43. The third kappa shape index (κ3) is 4.43. The van der Waals surface area contributed by atoms with Crippen LogP contribution in [0.15, 0.2) is 18.2 Å². The van der Waals surface area contributed by atoms with Gasteiger partial charge in [-0.3, -0.25) is 14.4 Å². The van der Waals surface area contributed by atoms with E-state index in [1.54, 1.807) is 6.07 Å². The van der Waals surface area contributed by atoms with Crippen LogP contribution in [0.25, 0.3) is 0 Å². The Morgan fingerprint density at radius 1 is 1.43 bits per heavy atom. The molecular formula is C15H17ClN2O5. The fourth-order valence-electron chi connectivity index (χ4n) is 2.42. The fraction of sp³-hybridized carbons (Fsp3) is 0.400. The first-order valence-corrected chi connectivity index (χ1v) is 7.44. The Morgan fingerprint density at radius 2 is 2.17 bits per heavy atom. The first-order chi connectivity index (χ1) is 10.9. The summed E-state index contributed by atoms with van der Waals surface area (Å²) in [4.78, 5) is 36.3. The van der Waals surface area contributed by atoms with Crippen molar-refractivity contribution in [3.05, 3.63) is 28.8 Å². The lowest BCUT2D eigenvalue weighted by molar-refractivity contribution is -0.139. The number of benzene rings is 1. The molecule has 0 radical (unpaired) electrons. The zero-order chi connectivity index (χ0) is 17.0. The smallest absolute Gasteiger partial charge is 0.305 e. The van der Waals surface area contributed by atoms with Gasteiger partial charge in [0.05, 0.1) is 36.3 Å². The summed E-state index contributed by atoms with van der Waals surface area (Å²) in [5, 5.41) is 11.8. The number of anilines is 1. The lowest BCUT2D eigenvalue weighted by atomic mass is 10.1. The monoisotopic (exact) mass is 340 g/mol. The Hall–Kier alpha value is -2.12. The molecule has 1 saturated heterocycles. The quantitative estimate of drug-likeness (QED) is 0.868. The van der Waals surface area contributed by atoms with Gasteiger partial charge in [-0.05, 0) is 18.2 Å². The van der Waals surface area contributed by atoms with Crippen LogP contribution in [0.3, 0.4) is 0 Å². The van der Waals surface area contributed by atoms with Gasteiger partial charge in [-0.25, -0.2) is 0 Å². The van der Waals surface area contributed by atoms with Gasteiger partial charge in [-0.15, -0.1) is 0 Å². The number of nitrogens with one attached hydrogen (secondary N) is 1. The molecule has 124 valence electrons. The molecule has 1 aliphatic heterocycles. The molecule has 1 aliphatic rings. The maximum Gasteiger partial charge on any atom is 0.305 e. The molecule has 1 aromatic rings. The predicted molar refractivity (Wildman–Crippen MR) is 83.7 cm³/mol. The number of amides is 2. The Morgan fingerprint density at radius 3 is 2.83 bits per heavy atom. The number of carboxylic acids is 1. The molecule has 0 bridgehead atoms. The fourth-order valence-corrected chi connectivity index (χ4v) is 2.62. The molecule has 0 spiro atoms. The van der Waals surface area contributed by atoms with Crippen LogP contribution in [-0.4, -0.2) is 53.6 Å². The second-order valence-corrected chi connectivity index (χ2v) is 5.61. The number of hydrogen-bond donors (Lipinski definition) is 2. The van der Waals surface area contributed by atoms with E-state index in [1.807, 2.05) is 0 Å². The SMILES string of the molecule is CC(=O)Nc1ccc(Cl)c(C(=O)N2CCOC[C@H]2CC(=O)O)c1. The van der Waals surface area contributed by atoms with Gasteiger partial charge in [-0.1, -0.05) is 11.6 Å². The van der Waals surface area contributed by atoms with Gasteiger partial charge >= 0.3 is 5.97 Å². The molecular weight excluding hydrogens is 324 g/mol. The van der Waals surface area contributed by atoms with Crippen molar-refractivity contribution in [1.82, 2.24) is 4.90 Å². The number of nitrogens with zero attached hydrogens (tertiary/aromatic N) is 1. The summed E-state index contributed by atoms with van der Waals surface area (Å²) in [5.74, 6) is -1.64. The van der Waals surface area contributed by atoms with Crippen LogP contribution in [0.5, 0.6) is 0 Å². The number of halogens is 1. The van der Waals surface area contributed by atoms with E-state index in [0.717, 1.165) is 0 Å². The molecule has 1 fully saturated rings. The standard InChI is InChI=1S/C15H17ClN2O5/c1-9(19)17-10-2-3-13(16)12(6-10)15(22)18-4-5-23-8-11(18)7-14(20)21/h2-3,6,11H,4-5,7-8H2,1H3,(H,17,19)(H,20,21)/t11-/m1/s1. The van der Waals surface area contributed by atoms with Crippen LogP contribution in [0.1, 0.15) is 23.7 Å². The van der Waals surface area contributed by atoms with Gasteiger partial charge in [0.2, 0.25) is 5.91 Å². The summed E-state index contributed by atoms with van der Waals surface area (Å²) in [5.41, 5.74) is 0.670. The minimum atomic E-state index is -1.00. The van der Waals surface area contributed by atoms with E-state index in [4.69, 9.17) is 21.4 Å². The molecule has 23 heavy (non-hydrogen) atoms. The van der Waals surface area contributed by atoms with E-state index in [1.165, 1.54) is 24.0 Å². The van der Waals surface area contributed by atoms with E-state index in [9.17, 15) is 14.4 Å². The molecule has 7 nitrogen and oxygen atoms in total. The molecule has 0 aromatic heterocycles. The van der Waals surface area contributed by atoms with Crippen LogP contribution in [0, 0.1) is 0 Å². The Kier molecular flexibility index (Phi) is 5.57. The Labute approximate surface area is 138 Å². The molecule has 0 aliphatic carbocycles. The van der Waals surface area contributed by atoms with Gasteiger partial charge in [0.1, 0.15) is 0 Å². The minimum absolute atomic E-state index is 0.168. The number of carbonyl (C=O) groups excluding carboxylic acids is 2. The normalized spacial score (nSPS) is 17.7. The number of rotatable bonds is 4. The average molecular weight is 341 g/mol. The molecule has 1 heterocycles. The molecule has 8 heteroatoms. The van der Waals surface area contributed by atoms with Crippen molar-refractivity contribution in [2.45, 2.75) is 19.4 Å². The topological polar surface area (TPSA) is 95.9 Å². The minimum Gasteiger partial charge on any atom is -0.481 e. The Bertz CT molecular complexity index is 634. The number of ether oxygens (including phenoxy) is 1. The van der Waals surface area contributed by atoms with Crippen molar-refractivity contribution in [2.75, 3.05) is 25.1 Å². The highest BCUT2D eigenvalue weighted by Gasteiger charge is 2.30.